The Morgan fingerprint density at radius 3 is 2.89 bits per heavy atom. The zero-order chi connectivity index (χ0) is 13.1. The summed E-state index contributed by atoms with van der Waals surface area (Å²) >= 11 is 0. The van der Waals surface area contributed by atoms with Crippen molar-refractivity contribution in [3.8, 4) is 5.75 Å². The van der Waals surface area contributed by atoms with Crippen molar-refractivity contribution in [2.45, 2.75) is 32.9 Å². The molecule has 1 saturated heterocycles. The highest BCUT2D eigenvalue weighted by Gasteiger charge is 2.24. The van der Waals surface area contributed by atoms with Crippen LogP contribution in [0.4, 0.5) is 0 Å². The molecule has 1 N–H and O–H groups in total. The first-order valence-corrected chi connectivity index (χ1v) is 6.64. The predicted octanol–water partition coefficient (Wildman–Crippen LogP) is 2.21. The normalized spacial score (nSPS) is 25.1. The number of β-amino-alcohol motifs (C(OH)–C–C–N with tert-alkyl or cyclic N) is 1. The average Bonchev–Trinajstić information content (AvgIpc) is 2.34. The number of ether oxygens (including phenoxy) is 1. The van der Waals surface area contributed by atoms with Crippen molar-refractivity contribution >= 4 is 0 Å². The minimum absolute atomic E-state index is 0.199. The fourth-order valence-corrected chi connectivity index (χ4v) is 2.53. The molecule has 3 nitrogen and oxygen atoms in total. The lowest BCUT2D eigenvalue weighted by Gasteiger charge is -2.34. The molecule has 0 radical (unpaired) electrons. The number of nitrogens with zero attached hydrogens (tertiary/aromatic N) is 1. The smallest absolute Gasteiger partial charge is 0.123 e. The highest BCUT2D eigenvalue weighted by atomic mass is 16.5. The molecule has 1 heterocycles. The van der Waals surface area contributed by atoms with Gasteiger partial charge in [0.1, 0.15) is 5.75 Å². The Morgan fingerprint density at radius 2 is 2.22 bits per heavy atom. The van der Waals surface area contributed by atoms with Crippen LogP contribution in [-0.4, -0.2) is 36.3 Å². The molecule has 1 fully saturated rings. The Bertz CT molecular complexity index is 405. The monoisotopic (exact) mass is 249 g/mol. The van der Waals surface area contributed by atoms with Gasteiger partial charge in [-0.05, 0) is 31.9 Å². The number of methoxy groups -OCH3 is 1. The van der Waals surface area contributed by atoms with E-state index in [0.717, 1.165) is 31.8 Å². The van der Waals surface area contributed by atoms with E-state index in [-0.39, 0.29) is 6.10 Å². The van der Waals surface area contributed by atoms with Crippen molar-refractivity contribution in [2.24, 2.45) is 5.92 Å². The highest BCUT2D eigenvalue weighted by Crippen LogP contribution is 2.24. The molecular formula is C15H23NO2. The summed E-state index contributed by atoms with van der Waals surface area (Å²) in [6.07, 6.45) is 0.865. The molecule has 0 bridgehead atoms. The Balaban J connectivity index is 2.07. The van der Waals surface area contributed by atoms with E-state index in [1.807, 2.05) is 6.07 Å². The molecule has 2 atom stereocenters. The molecule has 3 heteroatoms. The number of hydrogen-bond donors (Lipinski definition) is 1. The molecule has 0 amide bonds. The maximum absolute atomic E-state index is 9.93. The van der Waals surface area contributed by atoms with Crippen LogP contribution in [0, 0.1) is 12.8 Å². The minimum atomic E-state index is -0.199. The first-order chi connectivity index (χ1) is 8.60. The molecule has 1 aromatic carbocycles. The Labute approximate surface area is 109 Å². The number of hydrogen-bond acceptors (Lipinski definition) is 3. The molecule has 0 spiro atoms. The van der Waals surface area contributed by atoms with E-state index in [4.69, 9.17) is 4.74 Å². The van der Waals surface area contributed by atoms with Crippen molar-refractivity contribution in [3.05, 3.63) is 29.3 Å². The Morgan fingerprint density at radius 1 is 1.44 bits per heavy atom. The summed E-state index contributed by atoms with van der Waals surface area (Å²) in [5.74, 6) is 1.36. The standard InChI is InChI=1S/C15H23NO2/c1-11-4-5-15(18-3)13(8-11)9-16-7-6-12(2)14(17)10-16/h4-5,8,12,14,17H,6-7,9-10H2,1-3H3. The SMILES string of the molecule is COc1ccc(C)cc1CN1CCC(C)C(O)C1. The van der Waals surface area contributed by atoms with Gasteiger partial charge in [-0.15, -0.1) is 0 Å². The lowest BCUT2D eigenvalue weighted by Crippen LogP contribution is -2.42. The summed E-state index contributed by atoms with van der Waals surface area (Å²) in [5, 5.41) is 9.93. The molecule has 0 saturated carbocycles. The fraction of sp³-hybridized carbons (Fsp3) is 0.600. The largest absolute Gasteiger partial charge is 0.496 e. The average molecular weight is 249 g/mol. The summed E-state index contributed by atoms with van der Waals surface area (Å²) < 4.78 is 5.40. The number of aliphatic hydroxyl groups excluding tert-OH is 1. The number of benzene rings is 1. The van der Waals surface area contributed by atoms with Gasteiger partial charge in [-0.2, -0.15) is 0 Å². The van der Waals surface area contributed by atoms with Gasteiger partial charge in [0.15, 0.2) is 0 Å². The van der Waals surface area contributed by atoms with Crippen LogP contribution in [0.15, 0.2) is 18.2 Å². The second-order valence-electron chi connectivity index (χ2n) is 5.38. The summed E-state index contributed by atoms with van der Waals surface area (Å²) in [6.45, 7) is 6.88. The number of rotatable bonds is 3. The van der Waals surface area contributed by atoms with Crippen molar-refractivity contribution in [1.82, 2.24) is 4.90 Å². The van der Waals surface area contributed by atoms with E-state index >= 15 is 0 Å². The first kappa shape index (κ1) is 13.4. The highest BCUT2D eigenvalue weighted by molar-refractivity contribution is 5.36. The third kappa shape index (κ3) is 3.03. The molecule has 100 valence electrons. The van der Waals surface area contributed by atoms with Crippen molar-refractivity contribution in [1.29, 1.82) is 0 Å². The van der Waals surface area contributed by atoms with E-state index in [9.17, 15) is 5.11 Å². The molecule has 0 aliphatic carbocycles. The summed E-state index contributed by atoms with van der Waals surface area (Å²) in [4.78, 5) is 2.31. The summed E-state index contributed by atoms with van der Waals surface area (Å²) in [5.41, 5.74) is 2.45. The van der Waals surface area contributed by atoms with Crippen LogP contribution in [0.1, 0.15) is 24.5 Å². The summed E-state index contributed by atoms with van der Waals surface area (Å²) in [7, 11) is 1.71. The Hall–Kier alpha value is -1.06. The van der Waals surface area contributed by atoms with Crippen LogP contribution < -0.4 is 4.74 Å². The van der Waals surface area contributed by atoms with Crippen molar-refractivity contribution in [2.75, 3.05) is 20.2 Å². The molecule has 0 aromatic heterocycles. The van der Waals surface area contributed by atoms with Gasteiger partial charge in [0.05, 0.1) is 13.2 Å². The van der Waals surface area contributed by atoms with Gasteiger partial charge in [0, 0.05) is 18.7 Å². The summed E-state index contributed by atoms with van der Waals surface area (Å²) in [6, 6.07) is 6.26. The lowest BCUT2D eigenvalue weighted by molar-refractivity contribution is 0.0256. The van der Waals surface area contributed by atoms with Crippen LogP contribution in [0.2, 0.25) is 0 Å². The fourth-order valence-electron chi connectivity index (χ4n) is 2.53. The van der Waals surface area contributed by atoms with Crippen LogP contribution in [0.5, 0.6) is 5.75 Å². The predicted molar refractivity (Wildman–Crippen MR) is 72.8 cm³/mol. The zero-order valence-corrected chi connectivity index (χ0v) is 11.5. The minimum Gasteiger partial charge on any atom is -0.496 e. The van der Waals surface area contributed by atoms with Gasteiger partial charge in [0.2, 0.25) is 0 Å². The van der Waals surface area contributed by atoms with Gasteiger partial charge < -0.3 is 9.84 Å². The molecule has 1 aromatic rings. The van der Waals surface area contributed by atoms with Gasteiger partial charge >= 0.3 is 0 Å². The molecule has 1 aliphatic rings. The van der Waals surface area contributed by atoms with Crippen molar-refractivity contribution < 1.29 is 9.84 Å². The maximum atomic E-state index is 9.93. The van der Waals surface area contributed by atoms with Crippen LogP contribution in [-0.2, 0) is 6.54 Å². The molecule has 2 unspecified atom stereocenters. The quantitative estimate of drug-likeness (QED) is 0.891. The first-order valence-electron chi connectivity index (χ1n) is 6.64. The van der Waals surface area contributed by atoms with Gasteiger partial charge in [-0.25, -0.2) is 0 Å². The van der Waals surface area contributed by atoms with Crippen LogP contribution in [0.3, 0.4) is 0 Å². The van der Waals surface area contributed by atoms with Crippen LogP contribution >= 0.6 is 0 Å². The maximum Gasteiger partial charge on any atom is 0.123 e. The van der Waals surface area contributed by atoms with Gasteiger partial charge in [0.25, 0.3) is 0 Å². The van der Waals surface area contributed by atoms with Gasteiger partial charge in [-0.3, -0.25) is 4.90 Å². The van der Waals surface area contributed by atoms with E-state index in [1.54, 1.807) is 7.11 Å². The zero-order valence-electron chi connectivity index (χ0n) is 11.5. The van der Waals surface area contributed by atoms with E-state index in [2.05, 4.69) is 30.9 Å². The van der Waals surface area contributed by atoms with Crippen molar-refractivity contribution in [3.63, 3.8) is 0 Å². The Kier molecular flexibility index (Phi) is 4.25. The van der Waals surface area contributed by atoms with E-state index in [1.165, 1.54) is 11.1 Å². The second-order valence-corrected chi connectivity index (χ2v) is 5.38. The topological polar surface area (TPSA) is 32.7 Å². The number of piperidine rings is 1. The second kappa shape index (κ2) is 5.72. The number of aryl methyl sites for hydroxylation is 1. The molecule has 2 rings (SSSR count). The van der Waals surface area contributed by atoms with Crippen LogP contribution in [0.25, 0.3) is 0 Å². The third-order valence-corrected chi connectivity index (χ3v) is 3.83. The van der Waals surface area contributed by atoms with E-state index in [0.29, 0.717) is 5.92 Å². The molecule has 1 aliphatic heterocycles. The van der Waals surface area contributed by atoms with E-state index < -0.39 is 0 Å². The molecular weight excluding hydrogens is 226 g/mol. The third-order valence-electron chi connectivity index (χ3n) is 3.83. The number of likely N-dealkylation sites (tertiary alicyclic amines) is 1. The molecule has 18 heavy (non-hydrogen) atoms. The number of aliphatic hydroxyl groups is 1. The lowest BCUT2D eigenvalue weighted by atomic mass is 9.95. The van der Waals surface area contributed by atoms with Gasteiger partial charge in [-0.1, -0.05) is 24.6 Å².